The Morgan fingerprint density at radius 2 is 1.44 bits per heavy atom. The van der Waals surface area contributed by atoms with Gasteiger partial charge in [0.1, 0.15) is 0 Å². The monoisotopic (exact) mass is 296 g/mol. The molecule has 88 valence electrons. The summed E-state index contributed by atoms with van der Waals surface area (Å²) < 4.78 is 0. The highest BCUT2D eigenvalue weighted by Crippen LogP contribution is 2.44. The highest BCUT2D eigenvalue weighted by molar-refractivity contribution is 6.52. The predicted molar refractivity (Wildman–Crippen MR) is 72.3 cm³/mol. The Kier molecular flexibility index (Phi) is 4.29. The molecule has 1 aromatic rings. The summed E-state index contributed by atoms with van der Waals surface area (Å²) in [6, 6.07) is 1.87. The summed E-state index contributed by atoms with van der Waals surface area (Å²) in [6.45, 7) is 0. The van der Waals surface area contributed by atoms with E-state index >= 15 is 0 Å². The summed E-state index contributed by atoms with van der Waals surface area (Å²) in [7, 11) is 0. The SMILES string of the molecule is Clc1cc(C2CCCCC2)c(Cl)c(Cl)c1Cl. The minimum Gasteiger partial charge on any atom is -0.0826 e. The van der Waals surface area contributed by atoms with Gasteiger partial charge < -0.3 is 0 Å². The first-order valence-electron chi connectivity index (χ1n) is 5.44. The van der Waals surface area contributed by atoms with Crippen molar-refractivity contribution in [2.45, 2.75) is 38.0 Å². The Balaban J connectivity index is 2.40. The van der Waals surface area contributed by atoms with Gasteiger partial charge in [-0.3, -0.25) is 0 Å². The van der Waals surface area contributed by atoms with Crippen LogP contribution in [0, 0.1) is 0 Å². The van der Waals surface area contributed by atoms with Gasteiger partial charge in [-0.15, -0.1) is 0 Å². The lowest BCUT2D eigenvalue weighted by molar-refractivity contribution is 0.444. The molecule has 0 bridgehead atoms. The molecular weight excluding hydrogens is 286 g/mol. The largest absolute Gasteiger partial charge is 0.0826 e. The third-order valence-electron chi connectivity index (χ3n) is 3.18. The zero-order chi connectivity index (χ0) is 11.7. The number of halogens is 4. The van der Waals surface area contributed by atoms with Gasteiger partial charge in [-0.05, 0) is 30.4 Å². The van der Waals surface area contributed by atoms with E-state index in [2.05, 4.69) is 0 Å². The van der Waals surface area contributed by atoms with Crippen molar-refractivity contribution in [1.29, 1.82) is 0 Å². The van der Waals surface area contributed by atoms with Crippen molar-refractivity contribution < 1.29 is 0 Å². The van der Waals surface area contributed by atoms with Crippen molar-refractivity contribution in [3.8, 4) is 0 Å². The fraction of sp³-hybridized carbons (Fsp3) is 0.500. The Bertz CT molecular complexity index is 394. The van der Waals surface area contributed by atoms with E-state index in [-0.39, 0.29) is 0 Å². The molecule has 2 rings (SSSR count). The molecule has 0 amide bonds. The van der Waals surface area contributed by atoms with Crippen molar-refractivity contribution in [1.82, 2.24) is 0 Å². The standard InChI is InChI=1S/C12H12Cl4/c13-9-6-8(7-4-2-1-3-5-7)10(14)12(16)11(9)15/h6-7H,1-5H2. The fourth-order valence-corrected chi connectivity index (χ4v) is 3.27. The van der Waals surface area contributed by atoms with Crippen molar-refractivity contribution in [3.05, 3.63) is 31.7 Å². The van der Waals surface area contributed by atoms with Crippen LogP contribution < -0.4 is 0 Å². The zero-order valence-corrected chi connectivity index (χ0v) is 11.7. The van der Waals surface area contributed by atoms with Gasteiger partial charge >= 0.3 is 0 Å². The average Bonchev–Trinajstić information content (AvgIpc) is 2.32. The molecule has 1 aliphatic rings. The average molecular weight is 298 g/mol. The molecule has 0 atom stereocenters. The molecule has 0 unspecified atom stereocenters. The third kappa shape index (κ3) is 2.46. The molecule has 0 N–H and O–H groups in total. The third-order valence-corrected chi connectivity index (χ3v) is 4.94. The first-order valence-corrected chi connectivity index (χ1v) is 6.95. The smallest absolute Gasteiger partial charge is 0.0796 e. The summed E-state index contributed by atoms with van der Waals surface area (Å²) >= 11 is 24.3. The van der Waals surface area contributed by atoms with Crippen LogP contribution in [0.25, 0.3) is 0 Å². The first kappa shape index (κ1) is 12.8. The zero-order valence-electron chi connectivity index (χ0n) is 8.70. The van der Waals surface area contributed by atoms with E-state index in [9.17, 15) is 0 Å². The fourth-order valence-electron chi connectivity index (χ4n) is 2.30. The van der Waals surface area contributed by atoms with Crippen LogP contribution in [0.4, 0.5) is 0 Å². The molecule has 0 saturated heterocycles. The molecule has 4 heteroatoms. The van der Waals surface area contributed by atoms with Crippen LogP contribution in [0.1, 0.15) is 43.6 Å². The van der Waals surface area contributed by atoms with Crippen LogP contribution in [-0.2, 0) is 0 Å². The van der Waals surface area contributed by atoms with Gasteiger partial charge in [0.15, 0.2) is 0 Å². The summed E-state index contributed by atoms with van der Waals surface area (Å²) in [4.78, 5) is 0. The normalized spacial score (nSPS) is 17.8. The predicted octanol–water partition coefficient (Wildman–Crippen LogP) is 6.35. The summed E-state index contributed by atoms with van der Waals surface area (Å²) in [5.41, 5.74) is 1.06. The van der Waals surface area contributed by atoms with Crippen molar-refractivity contribution >= 4 is 46.4 Å². The second-order valence-electron chi connectivity index (χ2n) is 4.22. The summed E-state index contributed by atoms with van der Waals surface area (Å²) in [6.07, 6.45) is 6.13. The van der Waals surface area contributed by atoms with E-state index in [1.54, 1.807) is 0 Å². The molecule has 0 heterocycles. The molecule has 16 heavy (non-hydrogen) atoms. The van der Waals surface area contributed by atoms with Crippen molar-refractivity contribution in [2.24, 2.45) is 0 Å². The lowest BCUT2D eigenvalue weighted by atomic mass is 9.84. The molecule has 0 aromatic heterocycles. The van der Waals surface area contributed by atoms with E-state index in [0.717, 1.165) is 18.4 Å². The summed E-state index contributed by atoms with van der Waals surface area (Å²) in [5, 5.41) is 1.81. The maximum absolute atomic E-state index is 6.23. The van der Waals surface area contributed by atoms with Gasteiger partial charge in [0.25, 0.3) is 0 Å². The van der Waals surface area contributed by atoms with E-state index < -0.39 is 0 Å². The Labute approximate surface area is 116 Å². The summed E-state index contributed by atoms with van der Waals surface area (Å²) in [5.74, 6) is 0.480. The molecule has 0 radical (unpaired) electrons. The molecular formula is C12H12Cl4. The van der Waals surface area contributed by atoms with Gasteiger partial charge in [-0.25, -0.2) is 0 Å². The van der Waals surface area contributed by atoms with Crippen molar-refractivity contribution in [3.63, 3.8) is 0 Å². The molecule has 1 aliphatic carbocycles. The minimum atomic E-state index is 0.355. The molecule has 1 fully saturated rings. The van der Waals surface area contributed by atoms with Crippen LogP contribution in [0.2, 0.25) is 20.1 Å². The Hall–Kier alpha value is 0.380. The first-order chi connectivity index (χ1) is 7.61. The van der Waals surface area contributed by atoms with Crippen LogP contribution in [-0.4, -0.2) is 0 Å². The topological polar surface area (TPSA) is 0 Å². The number of rotatable bonds is 1. The van der Waals surface area contributed by atoms with E-state index in [1.165, 1.54) is 19.3 Å². The van der Waals surface area contributed by atoms with Crippen LogP contribution in [0.3, 0.4) is 0 Å². The number of benzene rings is 1. The van der Waals surface area contributed by atoms with Gasteiger partial charge in [0.05, 0.1) is 20.1 Å². The maximum Gasteiger partial charge on any atom is 0.0796 e. The second kappa shape index (κ2) is 5.35. The van der Waals surface area contributed by atoms with Gasteiger partial charge in [-0.2, -0.15) is 0 Å². The lowest BCUT2D eigenvalue weighted by Gasteiger charge is -2.23. The van der Waals surface area contributed by atoms with Gasteiger partial charge in [0, 0.05) is 0 Å². The Morgan fingerprint density at radius 1 is 0.812 bits per heavy atom. The van der Waals surface area contributed by atoms with E-state index in [4.69, 9.17) is 46.4 Å². The number of hydrogen-bond donors (Lipinski definition) is 0. The van der Waals surface area contributed by atoms with Crippen LogP contribution in [0.15, 0.2) is 6.07 Å². The maximum atomic E-state index is 6.23. The number of hydrogen-bond acceptors (Lipinski definition) is 0. The van der Waals surface area contributed by atoms with E-state index in [0.29, 0.717) is 26.0 Å². The van der Waals surface area contributed by atoms with Crippen LogP contribution in [0.5, 0.6) is 0 Å². The molecule has 0 aliphatic heterocycles. The quantitative estimate of drug-likeness (QED) is 0.418. The van der Waals surface area contributed by atoms with Gasteiger partial charge in [-0.1, -0.05) is 65.7 Å². The molecule has 0 spiro atoms. The molecule has 1 aromatic carbocycles. The second-order valence-corrected chi connectivity index (χ2v) is 5.77. The van der Waals surface area contributed by atoms with Crippen molar-refractivity contribution in [2.75, 3.05) is 0 Å². The molecule has 1 saturated carbocycles. The van der Waals surface area contributed by atoms with Crippen LogP contribution >= 0.6 is 46.4 Å². The highest BCUT2D eigenvalue weighted by atomic mass is 35.5. The molecule has 0 nitrogen and oxygen atoms in total. The minimum absolute atomic E-state index is 0.355. The van der Waals surface area contributed by atoms with Gasteiger partial charge in [0.2, 0.25) is 0 Å². The Morgan fingerprint density at radius 3 is 2.06 bits per heavy atom. The van der Waals surface area contributed by atoms with E-state index in [1.807, 2.05) is 6.07 Å². The lowest BCUT2D eigenvalue weighted by Crippen LogP contribution is -2.05. The highest BCUT2D eigenvalue weighted by Gasteiger charge is 2.21.